The lowest BCUT2D eigenvalue weighted by Gasteiger charge is -2.18. The number of nitrogens with one attached hydrogen (secondary N) is 1. The molecule has 0 aliphatic heterocycles. The molecule has 0 radical (unpaired) electrons. The first kappa shape index (κ1) is 23.0. The normalized spacial score (nSPS) is 12.3. The van der Waals surface area contributed by atoms with E-state index in [-0.39, 0.29) is 5.97 Å². The van der Waals surface area contributed by atoms with Gasteiger partial charge in [-0.1, -0.05) is 79.8 Å². The zero-order chi connectivity index (χ0) is 22.1. The molecule has 0 unspecified atom stereocenters. The number of H-pyrrole nitrogens is 1. The Morgan fingerprint density at radius 1 is 1.03 bits per heavy atom. The molecule has 0 saturated carbocycles. The molecule has 0 fully saturated rings. The molecule has 1 heterocycles. The first-order chi connectivity index (χ1) is 14.9. The van der Waals surface area contributed by atoms with Gasteiger partial charge in [-0.05, 0) is 23.2 Å². The van der Waals surface area contributed by atoms with Crippen molar-refractivity contribution in [3.63, 3.8) is 0 Å². The van der Waals surface area contributed by atoms with Gasteiger partial charge in [0, 0.05) is 31.6 Å². The Hall–Kier alpha value is -2.63. The fraction of sp³-hybridized carbons (Fsp3) is 0.346. The molecule has 1 N–H and O–H groups in total. The predicted octanol–water partition coefficient (Wildman–Crippen LogP) is 6.13. The fourth-order valence-electron chi connectivity index (χ4n) is 3.67. The molecule has 0 aliphatic rings. The summed E-state index contributed by atoms with van der Waals surface area (Å²) in [5, 5.41) is 1.19. The maximum Gasteiger partial charge on any atom is 0.309 e. The number of hydrogen-bond donors (Lipinski definition) is 1. The summed E-state index contributed by atoms with van der Waals surface area (Å²) in [7, 11) is -1.35. The molecular weight excluding hydrogens is 402 g/mol. The molecule has 0 saturated heterocycles. The van der Waals surface area contributed by atoms with Crippen molar-refractivity contribution in [2.24, 2.45) is 0 Å². The van der Waals surface area contributed by atoms with E-state index in [0.717, 1.165) is 22.7 Å². The van der Waals surface area contributed by atoms with E-state index in [1.807, 2.05) is 36.5 Å². The fourth-order valence-corrected chi connectivity index (χ4v) is 5.30. The molecule has 0 bridgehead atoms. The lowest BCUT2D eigenvalue weighted by Crippen LogP contribution is -2.21. The summed E-state index contributed by atoms with van der Waals surface area (Å²) in [6.45, 7) is 8.42. The minimum absolute atomic E-state index is 0.160. The van der Waals surface area contributed by atoms with E-state index in [2.05, 4.69) is 55.0 Å². The van der Waals surface area contributed by atoms with Crippen molar-refractivity contribution >= 4 is 24.9 Å². The van der Waals surface area contributed by atoms with Crippen LogP contribution >= 0.6 is 0 Å². The summed E-state index contributed by atoms with van der Waals surface area (Å²) >= 11 is 0. The molecule has 5 heteroatoms. The van der Waals surface area contributed by atoms with Gasteiger partial charge in [-0.2, -0.15) is 0 Å². The molecule has 0 spiro atoms. The molecule has 31 heavy (non-hydrogen) atoms. The molecule has 3 aromatic rings. The minimum Gasteiger partial charge on any atom is -0.465 e. The number of fused-ring (bicyclic) bond motifs is 1. The van der Waals surface area contributed by atoms with E-state index in [9.17, 15) is 4.79 Å². The quantitative estimate of drug-likeness (QED) is 0.171. The first-order valence-electron chi connectivity index (χ1n) is 10.9. The Bertz CT molecular complexity index is 1000. The number of ether oxygens (including phenoxy) is 2. The maximum atomic E-state index is 12.5. The van der Waals surface area contributed by atoms with Crippen LogP contribution in [-0.4, -0.2) is 32.2 Å². The minimum atomic E-state index is -1.35. The summed E-state index contributed by atoms with van der Waals surface area (Å²) in [6, 6.07) is 19.3. The van der Waals surface area contributed by atoms with Crippen LogP contribution in [-0.2, 0) is 27.3 Å². The second kappa shape index (κ2) is 11.1. The average molecular weight is 436 g/mol. The number of rotatable bonds is 11. The number of hydrogen-bond acceptors (Lipinski definition) is 3. The number of carbonyl (C=O) groups excluding carboxylic acids is 1. The van der Waals surface area contributed by atoms with Crippen molar-refractivity contribution in [1.29, 1.82) is 0 Å². The Morgan fingerprint density at radius 2 is 1.77 bits per heavy atom. The molecular formula is C26H33NO3Si. The highest BCUT2D eigenvalue weighted by Gasteiger charge is 2.18. The highest BCUT2D eigenvalue weighted by atomic mass is 28.3. The van der Waals surface area contributed by atoms with Crippen LogP contribution in [0.2, 0.25) is 25.7 Å². The van der Waals surface area contributed by atoms with Gasteiger partial charge in [0.05, 0.1) is 26.2 Å². The third kappa shape index (κ3) is 7.85. The zero-order valence-electron chi connectivity index (χ0n) is 18.8. The van der Waals surface area contributed by atoms with Crippen LogP contribution in [0.15, 0.2) is 72.4 Å². The Morgan fingerprint density at radius 3 is 2.55 bits per heavy atom. The number of para-hydroxylation sites is 1. The van der Waals surface area contributed by atoms with Gasteiger partial charge < -0.3 is 14.5 Å². The Kier molecular flexibility index (Phi) is 8.26. The molecule has 1 aromatic heterocycles. The van der Waals surface area contributed by atoms with Crippen LogP contribution < -0.4 is 0 Å². The molecule has 3 rings (SSSR count). The monoisotopic (exact) mass is 435 g/mol. The summed E-state index contributed by atoms with van der Waals surface area (Å²) in [4.78, 5) is 15.8. The van der Waals surface area contributed by atoms with Crippen molar-refractivity contribution in [2.45, 2.75) is 45.1 Å². The van der Waals surface area contributed by atoms with Crippen LogP contribution in [0.1, 0.15) is 17.5 Å². The van der Waals surface area contributed by atoms with Crippen LogP contribution in [0.4, 0.5) is 0 Å². The smallest absolute Gasteiger partial charge is 0.309 e. The lowest BCUT2D eigenvalue weighted by atomic mass is 10.1. The Balaban J connectivity index is 1.49. The summed E-state index contributed by atoms with van der Waals surface area (Å²) < 4.78 is 11.4. The molecule has 2 aromatic carbocycles. The van der Waals surface area contributed by atoms with E-state index in [0.29, 0.717) is 32.7 Å². The standard InChI is InChI=1S/C26H33NO3Si/c1-31(2,3)20-22(13-15-29-19-21-9-5-4-6-10-21)17-26(28)30-16-14-23-18-27-25-12-8-7-11-24(23)25/h4-13,18,27H,14-17,19-20H2,1-3H3/b22-13+. The van der Waals surface area contributed by atoms with Crippen LogP contribution in [0, 0.1) is 0 Å². The van der Waals surface area contributed by atoms with Crippen LogP contribution in [0.25, 0.3) is 10.9 Å². The van der Waals surface area contributed by atoms with Crippen molar-refractivity contribution < 1.29 is 14.3 Å². The van der Waals surface area contributed by atoms with E-state index in [4.69, 9.17) is 9.47 Å². The van der Waals surface area contributed by atoms with E-state index in [1.165, 1.54) is 10.9 Å². The van der Waals surface area contributed by atoms with Gasteiger partial charge in [-0.3, -0.25) is 4.79 Å². The molecule has 0 aliphatic carbocycles. The topological polar surface area (TPSA) is 51.3 Å². The number of esters is 1. The molecule has 0 amide bonds. The predicted molar refractivity (Wildman–Crippen MR) is 130 cm³/mol. The molecule has 0 atom stereocenters. The van der Waals surface area contributed by atoms with Gasteiger partial charge in [0.25, 0.3) is 0 Å². The van der Waals surface area contributed by atoms with Crippen LogP contribution in [0.5, 0.6) is 0 Å². The number of carbonyl (C=O) groups is 1. The van der Waals surface area contributed by atoms with E-state index in [1.54, 1.807) is 0 Å². The highest BCUT2D eigenvalue weighted by molar-refractivity contribution is 6.76. The van der Waals surface area contributed by atoms with Gasteiger partial charge in [-0.15, -0.1) is 0 Å². The third-order valence-corrected chi connectivity index (χ3v) is 6.55. The van der Waals surface area contributed by atoms with Crippen molar-refractivity contribution in [3.05, 3.63) is 83.6 Å². The van der Waals surface area contributed by atoms with Gasteiger partial charge in [0.1, 0.15) is 0 Å². The average Bonchev–Trinajstić information content (AvgIpc) is 3.14. The van der Waals surface area contributed by atoms with Gasteiger partial charge in [0.2, 0.25) is 0 Å². The van der Waals surface area contributed by atoms with Crippen molar-refractivity contribution in [1.82, 2.24) is 4.98 Å². The van der Waals surface area contributed by atoms with Crippen molar-refractivity contribution in [3.8, 4) is 0 Å². The lowest BCUT2D eigenvalue weighted by molar-refractivity contribution is -0.142. The summed E-state index contributed by atoms with van der Waals surface area (Å²) in [5.41, 5.74) is 4.57. The summed E-state index contributed by atoms with van der Waals surface area (Å²) in [5.74, 6) is -0.160. The maximum absolute atomic E-state index is 12.5. The van der Waals surface area contributed by atoms with Crippen LogP contribution in [0.3, 0.4) is 0 Å². The SMILES string of the molecule is C[Si](C)(C)C/C(=C/COCc1ccccc1)CC(=O)OCCc1c[nH]c2ccccc12. The molecule has 4 nitrogen and oxygen atoms in total. The van der Waals surface area contributed by atoms with Gasteiger partial charge in [-0.25, -0.2) is 0 Å². The Labute approximate surface area is 186 Å². The number of aromatic nitrogens is 1. The van der Waals surface area contributed by atoms with Gasteiger partial charge in [0.15, 0.2) is 0 Å². The van der Waals surface area contributed by atoms with E-state index < -0.39 is 8.07 Å². The largest absolute Gasteiger partial charge is 0.465 e. The summed E-state index contributed by atoms with van der Waals surface area (Å²) in [6.07, 6.45) is 5.12. The van der Waals surface area contributed by atoms with E-state index >= 15 is 0 Å². The second-order valence-electron chi connectivity index (χ2n) is 9.11. The number of benzene rings is 2. The first-order valence-corrected chi connectivity index (χ1v) is 14.6. The highest BCUT2D eigenvalue weighted by Crippen LogP contribution is 2.21. The van der Waals surface area contributed by atoms with Gasteiger partial charge >= 0.3 is 5.97 Å². The zero-order valence-corrected chi connectivity index (χ0v) is 19.8. The third-order valence-electron chi connectivity index (χ3n) is 5.04. The molecule has 164 valence electrons. The van der Waals surface area contributed by atoms with Crippen molar-refractivity contribution in [2.75, 3.05) is 13.2 Å². The number of aromatic amines is 1. The second-order valence-corrected chi connectivity index (χ2v) is 14.6.